The number of rotatable bonds is 6. The van der Waals surface area contributed by atoms with Gasteiger partial charge in [-0.3, -0.25) is 0 Å². The molecule has 0 spiro atoms. The summed E-state index contributed by atoms with van der Waals surface area (Å²) in [6, 6.07) is 6.62. The van der Waals surface area contributed by atoms with Gasteiger partial charge < -0.3 is 9.47 Å². The first-order valence-electron chi connectivity index (χ1n) is 5.11. The molecule has 0 atom stereocenters. The van der Waals surface area contributed by atoms with Gasteiger partial charge in [0.05, 0.1) is 11.4 Å². The molecule has 0 bridgehead atoms. The zero-order valence-electron chi connectivity index (χ0n) is 10.1. The van der Waals surface area contributed by atoms with Crippen molar-refractivity contribution in [1.29, 1.82) is 0 Å². The first-order valence-corrected chi connectivity index (χ1v) is 6.60. The van der Waals surface area contributed by atoms with E-state index in [-0.39, 0.29) is 11.4 Å². The van der Waals surface area contributed by atoms with Crippen LogP contribution < -0.4 is 4.72 Å². The maximum absolute atomic E-state index is 11.9. The van der Waals surface area contributed by atoms with Crippen LogP contribution in [0.25, 0.3) is 0 Å². The zero-order valence-corrected chi connectivity index (χ0v) is 11.0. The van der Waals surface area contributed by atoms with Gasteiger partial charge in [-0.25, -0.2) is 13.1 Å². The van der Waals surface area contributed by atoms with Crippen LogP contribution in [0, 0.1) is 6.92 Å². The Morgan fingerprint density at radius 2 is 1.71 bits per heavy atom. The van der Waals surface area contributed by atoms with Gasteiger partial charge in [-0.15, -0.1) is 0 Å². The molecule has 0 aromatic heterocycles. The smallest absolute Gasteiger partial charge is 0.240 e. The van der Waals surface area contributed by atoms with Gasteiger partial charge in [0, 0.05) is 14.2 Å². The summed E-state index contributed by atoms with van der Waals surface area (Å²) in [5, 5.41) is 0. The van der Waals surface area contributed by atoms with Crippen LogP contribution in [0.5, 0.6) is 0 Å². The van der Waals surface area contributed by atoms with Gasteiger partial charge >= 0.3 is 0 Å². The molecule has 0 amide bonds. The molecule has 96 valence electrons. The van der Waals surface area contributed by atoms with Crippen molar-refractivity contribution in [1.82, 2.24) is 4.72 Å². The fourth-order valence-electron chi connectivity index (χ4n) is 1.24. The molecule has 0 heterocycles. The van der Waals surface area contributed by atoms with Crippen molar-refractivity contribution in [2.75, 3.05) is 20.8 Å². The van der Waals surface area contributed by atoms with Crippen LogP contribution in [0.2, 0.25) is 0 Å². The van der Waals surface area contributed by atoms with E-state index in [1.165, 1.54) is 14.2 Å². The second-order valence-corrected chi connectivity index (χ2v) is 5.33. The second kappa shape index (κ2) is 6.11. The molecule has 0 aliphatic rings. The Bertz CT molecular complexity index is 437. The van der Waals surface area contributed by atoms with E-state index >= 15 is 0 Å². The molecule has 0 saturated carbocycles. The molecule has 0 unspecified atom stereocenters. The predicted octanol–water partition coefficient (Wildman–Crippen LogP) is 0.892. The van der Waals surface area contributed by atoms with E-state index in [4.69, 9.17) is 9.47 Å². The first kappa shape index (κ1) is 14.1. The highest BCUT2D eigenvalue weighted by molar-refractivity contribution is 7.89. The fourth-order valence-corrected chi connectivity index (χ4v) is 2.26. The van der Waals surface area contributed by atoms with Gasteiger partial charge in [-0.05, 0) is 19.1 Å². The van der Waals surface area contributed by atoms with Gasteiger partial charge in [-0.2, -0.15) is 0 Å². The van der Waals surface area contributed by atoms with E-state index in [1.54, 1.807) is 24.3 Å². The number of nitrogens with one attached hydrogen (secondary N) is 1. The minimum Gasteiger partial charge on any atom is -0.355 e. The van der Waals surface area contributed by atoms with Crippen molar-refractivity contribution in [2.24, 2.45) is 0 Å². The summed E-state index contributed by atoms with van der Waals surface area (Å²) >= 11 is 0. The van der Waals surface area contributed by atoms with E-state index in [9.17, 15) is 8.42 Å². The molecule has 17 heavy (non-hydrogen) atoms. The Labute approximate surface area is 102 Å². The van der Waals surface area contributed by atoms with E-state index in [1.807, 2.05) is 6.92 Å². The second-order valence-electron chi connectivity index (χ2n) is 3.57. The highest BCUT2D eigenvalue weighted by Gasteiger charge is 2.15. The van der Waals surface area contributed by atoms with Crippen molar-refractivity contribution < 1.29 is 17.9 Å². The predicted molar refractivity (Wildman–Crippen MR) is 64.2 cm³/mol. The van der Waals surface area contributed by atoms with Crippen LogP contribution in [-0.4, -0.2) is 35.5 Å². The lowest BCUT2D eigenvalue weighted by molar-refractivity contribution is -0.0960. The largest absolute Gasteiger partial charge is 0.355 e. The minimum absolute atomic E-state index is 0.0726. The topological polar surface area (TPSA) is 64.6 Å². The summed E-state index contributed by atoms with van der Waals surface area (Å²) in [6.45, 7) is 1.97. The maximum Gasteiger partial charge on any atom is 0.240 e. The van der Waals surface area contributed by atoms with E-state index < -0.39 is 16.3 Å². The number of ether oxygens (including phenoxy) is 2. The molecule has 0 radical (unpaired) electrons. The minimum atomic E-state index is -3.50. The van der Waals surface area contributed by atoms with E-state index in [0.29, 0.717) is 0 Å². The molecule has 5 nitrogen and oxygen atoms in total. The fraction of sp³-hybridized carbons (Fsp3) is 0.455. The van der Waals surface area contributed by atoms with Gasteiger partial charge in [0.15, 0.2) is 6.29 Å². The molecule has 6 heteroatoms. The Hall–Kier alpha value is -0.950. The number of sulfonamides is 1. The molecule has 0 saturated heterocycles. The molecular weight excluding hydrogens is 242 g/mol. The van der Waals surface area contributed by atoms with Crippen LogP contribution in [0.4, 0.5) is 0 Å². The molecule has 0 fully saturated rings. The Morgan fingerprint density at radius 1 is 1.18 bits per heavy atom. The maximum atomic E-state index is 11.9. The van der Waals surface area contributed by atoms with Crippen LogP contribution in [0.1, 0.15) is 5.56 Å². The lowest BCUT2D eigenvalue weighted by atomic mass is 10.2. The normalized spacial score (nSPS) is 12.0. The Morgan fingerprint density at radius 3 is 2.18 bits per heavy atom. The lowest BCUT2D eigenvalue weighted by Crippen LogP contribution is -2.34. The molecule has 0 aliphatic carbocycles. The monoisotopic (exact) mass is 259 g/mol. The van der Waals surface area contributed by atoms with Crippen LogP contribution in [-0.2, 0) is 19.5 Å². The van der Waals surface area contributed by atoms with Crippen LogP contribution in [0.3, 0.4) is 0 Å². The summed E-state index contributed by atoms with van der Waals surface area (Å²) in [5.41, 5.74) is 1.01. The van der Waals surface area contributed by atoms with Crippen molar-refractivity contribution in [3.63, 3.8) is 0 Å². The highest BCUT2D eigenvalue weighted by Crippen LogP contribution is 2.09. The van der Waals surface area contributed by atoms with E-state index in [2.05, 4.69) is 4.72 Å². The third-order valence-corrected chi connectivity index (χ3v) is 3.74. The highest BCUT2D eigenvalue weighted by atomic mass is 32.2. The van der Waals surface area contributed by atoms with Crippen molar-refractivity contribution in [2.45, 2.75) is 18.1 Å². The molecule has 0 aliphatic heterocycles. The Kier molecular flexibility index (Phi) is 5.07. The quantitative estimate of drug-likeness (QED) is 0.771. The van der Waals surface area contributed by atoms with Crippen molar-refractivity contribution in [3.8, 4) is 0 Å². The number of aryl methyl sites for hydroxylation is 1. The van der Waals surface area contributed by atoms with Gasteiger partial charge in [0.1, 0.15) is 0 Å². The standard InChI is InChI=1S/C11H17NO4S/c1-9-4-6-10(7-5-9)17(13,14)12-8-11(15-2)16-3/h4-7,11-12H,8H2,1-3H3. The third-order valence-electron chi connectivity index (χ3n) is 2.30. The summed E-state index contributed by atoms with van der Waals surface area (Å²) < 4.78 is 35.9. The van der Waals surface area contributed by atoms with Crippen molar-refractivity contribution >= 4 is 10.0 Å². The lowest BCUT2D eigenvalue weighted by Gasteiger charge is -2.14. The van der Waals surface area contributed by atoms with E-state index in [0.717, 1.165) is 5.56 Å². The zero-order chi connectivity index (χ0) is 12.9. The summed E-state index contributed by atoms with van der Waals surface area (Å²) in [7, 11) is -0.597. The SMILES string of the molecule is COC(CNS(=O)(=O)c1ccc(C)cc1)OC. The number of benzene rings is 1. The number of hydrogen-bond donors (Lipinski definition) is 1. The average Bonchev–Trinajstić information content (AvgIpc) is 2.31. The number of hydrogen-bond acceptors (Lipinski definition) is 4. The van der Waals surface area contributed by atoms with Crippen LogP contribution in [0.15, 0.2) is 29.2 Å². The molecule has 1 rings (SSSR count). The molecular formula is C11H17NO4S. The molecule has 1 aromatic rings. The van der Waals surface area contributed by atoms with Gasteiger partial charge in [0.25, 0.3) is 0 Å². The summed E-state index contributed by atoms with van der Waals surface area (Å²) in [6.07, 6.45) is -0.588. The van der Waals surface area contributed by atoms with Gasteiger partial charge in [-0.1, -0.05) is 17.7 Å². The van der Waals surface area contributed by atoms with Crippen LogP contribution >= 0.6 is 0 Å². The van der Waals surface area contributed by atoms with Gasteiger partial charge in [0.2, 0.25) is 10.0 Å². The average molecular weight is 259 g/mol. The first-order chi connectivity index (χ1) is 7.99. The molecule has 1 aromatic carbocycles. The number of methoxy groups -OCH3 is 2. The summed E-state index contributed by atoms with van der Waals surface area (Å²) in [4.78, 5) is 0.231. The third kappa shape index (κ3) is 4.08. The van der Waals surface area contributed by atoms with Crippen molar-refractivity contribution in [3.05, 3.63) is 29.8 Å². The summed E-state index contributed by atoms with van der Waals surface area (Å²) in [5.74, 6) is 0. The Balaban J connectivity index is 2.72. The molecule has 1 N–H and O–H groups in total.